The topological polar surface area (TPSA) is 142 Å². The first-order valence-electron chi connectivity index (χ1n) is 10.1. The molecule has 3 N–H and O–H groups in total. The van der Waals surface area contributed by atoms with Gasteiger partial charge < -0.3 is 11.1 Å². The first-order chi connectivity index (χ1) is 16.1. The fourth-order valence-electron chi connectivity index (χ4n) is 3.14. The summed E-state index contributed by atoms with van der Waals surface area (Å²) in [7, 11) is 0. The maximum atomic E-state index is 13.1. The van der Waals surface area contributed by atoms with Crippen LogP contribution in [0.1, 0.15) is 88.5 Å². The number of primary amides is 1. The van der Waals surface area contributed by atoms with Crippen LogP contribution in [0.3, 0.4) is 0 Å². The summed E-state index contributed by atoms with van der Waals surface area (Å²) in [6.07, 6.45) is -2.06. The lowest BCUT2D eigenvalue weighted by molar-refractivity contribution is 0.0934. The van der Waals surface area contributed by atoms with Crippen LogP contribution >= 0.6 is 0 Å². The molecular weight excluding hydrogens is 460 g/mol. The highest BCUT2D eigenvalue weighted by Gasteiger charge is 2.31. The van der Waals surface area contributed by atoms with Crippen molar-refractivity contribution in [2.45, 2.75) is 44.6 Å². The van der Waals surface area contributed by atoms with Gasteiger partial charge in [-0.25, -0.2) is 37.5 Å². The van der Waals surface area contributed by atoms with Gasteiger partial charge >= 0.3 is 0 Å². The van der Waals surface area contributed by atoms with Gasteiger partial charge in [0.2, 0.25) is 0 Å². The second-order valence-corrected chi connectivity index (χ2v) is 7.64. The largest absolute Gasteiger partial charge is 0.364 e. The normalized spacial score (nSPS) is 14.4. The third kappa shape index (κ3) is 4.84. The molecule has 0 radical (unpaired) electrons. The van der Waals surface area contributed by atoms with Gasteiger partial charge in [0.1, 0.15) is 17.1 Å². The number of nitrogens with one attached hydrogen (secondary N) is 1. The summed E-state index contributed by atoms with van der Waals surface area (Å²) in [5, 5.41) is 6.97. The van der Waals surface area contributed by atoms with E-state index in [0.29, 0.717) is 5.82 Å². The van der Waals surface area contributed by atoms with Gasteiger partial charge in [0, 0.05) is 11.5 Å². The number of pyridine rings is 1. The minimum absolute atomic E-state index is 0.0588. The van der Waals surface area contributed by atoms with E-state index in [9.17, 15) is 27.2 Å². The molecule has 14 heteroatoms. The van der Waals surface area contributed by atoms with Crippen molar-refractivity contribution in [3.05, 3.63) is 58.8 Å². The van der Waals surface area contributed by atoms with Crippen LogP contribution in [0.4, 0.5) is 17.6 Å². The first-order valence-corrected chi connectivity index (χ1v) is 10.1. The molecule has 1 atom stereocenters. The minimum atomic E-state index is -3.13. The Morgan fingerprint density at radius 3 is 2.21 bits per heavy atom. The van der Waals surface area contributed by atoms with E-state index in [1.807, 2.05) is 0 Å². The molecule has 3 aromatic heterocycles. The van der Waals surface area contributed by atoms with E-state index in [0.717, 1.165) is 31.2 Å². The van der Waals surface area contributed by atoms with Gasteiger partial charge in [0.05, 0.1) is 18.4 Å². The van der Waals surface area contributed by atoms with E-state index in [1.54, 1.807) is 6.92 Å². The fraction of sp³-hybridized carbons (Fsp3) is 0.350. The van der Waals surface area contributed by atoms with Crippen LogP contribution in [0.25, 0.3) is 5.82 Å². The highest BCUT2D eigenvalue weighted by atomic mass is 19.3. The van der Waals surface area contributed by atoms with Crippen molar-refractivity contribution in [1.82, 2.24) is 35.0 Å². The summed E-state index contributed by atoms with van der Waals surface area (Å²) in [5.41, 5.74) is 2.86. The Balaban J connectivity index is 1.64. The number of nitrogens with zero attached hydrogens (tertiary/aromatic N) is 6. The third-order valence-corrected chi connectivity index (χ3v) is 5.01. The van der Waals surface area contributed by atoms with Crippen LogP contribution < -0.4 is 11.1 Å². The SMILES string of the molecule is CC(NC(=O)c1cc(C(F)F)nc(C(F)F)c1)c1nc(C2CC2)nn1-c1cnc(C(N)=O)cn1. The number of alkyl halides is 4. The van der Waals surface area contributed by atoms with Gasteiger partial charge in [-0.15, -0.1) is 5.10 Å². The number of hydrogen-bond donors (Lipinski definition) is 2. The summed E-state index contributed by atoms with van der Waals surface area (Å²) >= 11 is 0. The zero-order valence-corrected chi connectivity index (χ0v) is 17.6. The van der Waals surface area contributed by atoms with E-state index >= 15 is 0 Å². The molecule has 0 saturated heterocycles. The number of rotatable bonds is 8. The average Bonchev–Trinajstić information content (AvgIpc) is 3.56. The second kappa shape index (κ2) is 9.11. The van der Waals surface area contributed by atoms with Crippen molar-refractivity contribution < 1.29 is 27.2 Å². The lowest BCUT2D eigenvalue weighted by atomic mass is 10.1. The van der Waals surface area contributed by atoms with Crippen molar-refractivity contribution >= 4 is 11.8 Å². The lowest BCUT2D eigenvalue weighted by Crippen LogP contribution is -2.29. The van der Waals surface area contributed by atoms with Crippen molar-refractivity contribution in [3.8, 4) is 5.82 Å². The molecule has 2 amide bonds. The van der Waals surface area contributed by atoms with Crippen molar-refractivity contribution in [2.75, 3.05) is 0 Å². The van der Waals surface area contributed by atoms with Crippen LogP contribution in [0.2, 0.25) is 0 Å². The van der Waals surface area contributed by atoms with Crippen LogP contribution in [-0.2, 0) is 0 Å². The van der Waals surface area contributed by atoms with E-state index in [4.69, 9.17) is 5.73 Å². The zero-order chi connectivity index (χ0) is 24.6. The van der Waals surface area contributed by atoms with E-state index in [1.165, 1.54) is 10.9 Å². The molecule has 1 saturated carbocycles. The second-order valence-electron chi connectivity index (χ2n) is 7.64. The van der Waals surface area contributed by atoms with Gasteiger partial charge in [0.25, 0.3) is 24.7 Å². The first kappa shape index (κ1) is 23.2. The molecule has 3 heterocycles. The third-order valence-electron chi connectivity index (χ3n) is 5.01. The molecule has 0 spiro atoms. The number of halogens is 4. The minimum Gasteiger partial charge on any atom is -0.364 e. The Morgan fingerprint density at radius 1 is 1.06 bits per heavy atom. The van der Waals surface area contributed by atoms with Crippen LogP contribution in [0, 0.1) is 0 Å². The van der Waals surface area contributed by atoms with E-state index in [-0.39, 0.29) is 23.3 Å². The molecule has 0 aliphatic heterocycles. The summed E-state index contributed by atoms with van der Waals surface area (Å²) in [6.45, 7) is 1.56. The quantitative estimate of drug-likeness (QED) is 0.474. The van der Waals surface area contributed by atoms with Crippen LogP contribution in [0.5, 0.6) is 0 Å². The molecular formula is C20H18F4N8O2. The van der Waals surface area contributed by atoms with Crippen LogP contribution in [-0.4, -0.2) is 41.5 Å². The maximum Gasteiger partial charge on any atom is 0.280 e. The molecule has 0 bridgehead atoms. The Labute approximate surface area is 189 Å². The van der Waals surface area contributed by atoms with Gasteiger partial charge in [-0.3, -0.25) is 9.59 Å². The molecule has 1 aliphatic carbocycles. The zero-order valence-electron chi connectivity index (χ0n) is 17.6. The maximum absolute atomic E-state index is 13.1. The monoisotopic (exact) mass is 478 g/mol. The predicted molar refractivity (Wildman–Crippen MR) is 107 cm³/mol. The number of carbonyl (C=O) groups is 2. The predicted octanol–water partition coefficient (Wildman–Crippen LogP) is 2.79. The molecule has 1 fully saturated rings. The molecule has 1 unspecified atom stereocenters. The van der Waals surface area contributed by atoms with Crippen molar-refractivity contribution in [3.63, 3.8) is 0 Å². The summed E-state index contributed by atoms with van der Waals surface area (Å²) < 4.78 is 53.7. The molecule has 0 aromatic carbocycles. The van der Waals surface area contributed by atoms with Gasteiger partial charge in [0.15, 0.2) is 17.5 Å². The fourth-order valence-corrected chi connectivity index (χ4v) is 3.14. The molecule has 3 aromatic rings. The number of carbonyl (C=O) groups excluding carboxylic acids is 2. The highest BCUT2D eigenvalue weighted by Crippen LogP contribution is 2.38. The molecule has 1 aliphatic rings. The highest BCUT2D eigenvalue weighted by molar-refractivity contribution is 5.94. The molecule has 4 rings (SSSR count). The number of amides is 2. The van der Waals surface area contributed by atoms with E-state index in [2.05, 4.69) is 30.4 Å². The van der Waals surface area contributed by atoms with Crippen molar-refractivity contribution in [1.29, 1.82) is 0 Å². The molecule has 10 nitrogen and oxygen atoms in total. The molecule has 34 heavy (non-hydrogen) atoms. The Kier molecular flexibility index (Phi) is 6.22. The van der Waals surface area contributed by atoms with Gasteiger partial charge in [-0.05, 0) is 31.9 Å². The van der Waals surface area contributed by atoms with Gasteiger partial charge in [-0.2, -0.15) is 4.68 Å². The summed E-state index contributed by atoms with van der Waals surface area (Å²) in [4.78, 5) is 39.7. The standard InChI is InChI=1S/C20H18F4N8O2/c1-8(28-20(34)10-4-11(15(21)22)29-12(5-10)16(23)24)19-30-18(9-2-3-9)31-32(19)14-7-26-13(6-27-14)17(25)33/h4-9,15-16H,2-3H2,1H3,(H2,25,33)(H,28,34). The van der Waals surface area contributed by atoms with E-state index < -0.39 is 47.7 Å². The average molecular weight is 478 g/mol. The summed E-state index contributed by atoms with van der Waals surface area (Å²) in [6, 6.07) is 0.684. The number of hydrogen-bond acceptors (Lipinski definition) is 7. The smallest absolute Gasteiger partial charge is 0.280 e. The van der Waals surface area contributed by atoms with Crippen LogP contribution in [0.15, 0.2) is 24.5 Å². The molecule has 178 valence electrons. The Morgan fingerprint density at radius 2 is 1.71 bits per heavy atom. The summed E-state index contributed by atoms with van der Waals surface area (Å²) in [5.74, 6) is -0.542. The number of aromatic nitrogens is 6. The van der Waals surface area contributed by atoms with Crippen molar-refractivity contribution in [2.24, 2.45) is 5.73 Å². The Hall–Kier alpha value is -3.97. The number of nitrogens with two attached hydrogens (primary N) is 1. The van der Waals surface area contributed by atoms with Gasteiger partial charge in [-0.1, -0.05) is 0 Å². The Bertz CT molecular complexity index is 1200. The lowest BCUT2D eigenvalue weighted by Gasteiger charge is -2.15.